The highest BCUT2D eigenvalue weighted by Gasteiger charge is 2.15. The average Bonchev–Trinajstić information content (AvgIpc) is 2.56. The standard InChI is InChI=1S/C14H22N2.ClH/c1-15-14-8-5-10-16(11-9-14)12-13-6-3-2-4-7-13;/h2-4,6-7,14-15H,5,8-12H2,1H3;1H. The van der Waals surface area contributed by atoms with Gasteiger partial charge in [0.25, 0.3) is 0 Å². The van der Waals surface area contributed by atoms with E-state index in [0.29, 0.717) is 0 Å². The van der Waals surface area contributed by atoms with Crippen molar-refractivity contribution in [3.8, 4) is 0 Å². The van der Waals surface area contributed by atoms with Gasteiger partial charge in [-0.05, 0) is 45.0 Å². The zero-order chi connectivity index (χ0) is 11.2. The van der Waals surface area contributed by atoms with Crippen LogP contribution in [0.15, 0.2) is 30.3 Å². The average molecular weight is 255 g/mol. The lowest BCUT2D eigenvalue weighted by Crippen LogP contribution is -2.28. The second-order valence-corrected chi connectivity index (χ2v) is 4.68. The number of hydrogen-bond acceptors (Lipinski definition) is 2. The summed E-state index contributed by atoms with van der Waals surface area (Å²) in [5.41, 5.74) is 1.44. The van der Waals surface area contributed by atoms with E-state index >= 15 is 0 Å². The van der Waals surface area contributed by atoms with Gasteiger partial charge in [0.15, 0.2) is 0 Å². The second-order valence-electron chi connectivity index (χ2n) is 4.68. The van der Waals surface area contributed by atoms with Crippen LogP contribution in [0.1, 0.15) is 24.8 Å². The van der Waals surface area contributed by atoms with Gasteiger partial charge < -0.3 is 5.32 Å². The largest absolute Gasteiger partial charge is 0.317 e. The third-order valence-electron chi connectivity index (χ3n) is 3.48. The van der Waals surface area contributed by atoms with Crippen molar-refractivity contribution in [3.63, 3.8) is 0 Å². The summed E-state index contributed by atoms with van der Waals surface area (Å²) >= 11 is 0. The molecule has 1 heterocycles. The molecule has 0 aliphatic carbocycles. The van der Waals surface area contributed by atoms with Crippen molar-refractivity contribution in [1.82, 2.24) is 10.2 Å². The van der Waals surface area contributed by atoms with Crippen LogP contribution in [0.5, 0.6) is 0 Å². The summed E-state index contributed by atoms with van der Waals surface area (Å²) in [7, 11) is 2.08. The van der Waals surface area contributed by atoms with Crippen molar-refractivity contribution in [1.29, 1.82) is 0 Å². The SMILES string of the molecule is CNC1CCCN(Cc2ccccc2)CC1.Cl. The van der Waals surface area contributed by atoms with Crippen LogP contribution in [0.4, 0.5) is 0 Å². The van der Waals surface area contributed by atoms with Gasteiger partial charge >= 0.3 is 0 Å². The maximum atomic E-state index is 3.40. The molecule has 0 bridgehead atoms. The second kappa shape index (κ2) is 7.70. The summed E-state index contributed by atoms with van der Waals surface area (Å²) in [5.74, 6) is 0. The van der Waals surface area contributed by atoms with Gasteiger partial charge in [0, 0.05) is 12.6 Å². The number of halogens is 1. The van der Waals surface area contributed by atoms with Crippen LogP contribution in [-0.2, 0) is 6.54 Å². The Morgan fingerprint density at radius 3 is 2.65 bits per heavy atom. The Morgan fingerprint density at radius 1 is 1.18 bits per heavy atom. The van der Waals surface area contributed by atoms with Crippen molar-refractivity contribution in [2.45, 2.75) is 31.8 Å². The lowest BCUT2D eigenvalue weighted by Gasteiger charge is -2.20. The minimum absolute atomic E-state index is 0. The number of nitrogens with one attached hydrogen (secondary N) is 1. The molecule has 1 unspecified atom stereocenters. The van der Waals surface area contributed by atoms with Crippen LogP contribution in [-0.4, -0.2) is 31.1 Å². The molecular weight excluding hydrogens is 232 g/mol. The van der Waals surface area contributed by atoms with Crippen molar-refractivity contribution in [2.75, 3.05) is 20.1 Å². The fourth-order valence-electron chi connectivity index (χ4n) is 2.44. The third kappa shape index (κ3) is 4.66. The van der Waals surface area contributed by atoms with Gasteiger partial charge in [-0.15, -0.1) is 12.4 Å². The molecular formula is C14H23ClN2. The van der Waals surface area contributed by atoms with Crippen LogP contribution >= 0.6 is 12.4 Å². The normalized spacial score (nSPS) is 21.6. The molecule has 0 amide bonds. The van der Waals surface area contributed by atoms with Crippen molar-refractivity contribution in [2.24, 2.45) is 0 Å². The summed E-state index contributed by atoms with van der Waals surface area (Å²) in [6.07, 6.45) is 3.92. The molecule has 1 aliphatic rings. The Balaban J connectivity index is 0.00000144. The zero-order valence-corrected chi connectivity index (χ0v) is 11.4. The number of hydrogen-bond donors (Lipinski definition) is 1. The first-order valence-corrected chi connectivity index (χ1v) is 6.32. The van der Waals surface area contributed by atoms with Gasteiger partial charge in [0.2, 0.25) is 0 Å². The summed E-state index contributed by atoms with van der Waals surface area (Å²) < 4.78 is 0. The molecule has 0 saturated carbocycles. The zero-order valence-electron chi connectivity index (χ0n) is 10.6. The predicted octanol–water partition coefficient (Wildman–Crippen LogP) is 2.68. The van der Waals surface area contributed by atoms with Gasteiger partial charge in [0.05, 0.1) is 0 Å². The molecule has 1 aromatic rings. The molecule has 3 heteroatoms. The fourth-order valence-corrected chi connectivity index (χ4v) is 2.44. The molecule has 0 aromatic heterocycles. The first kappa shape index (κ1) is 14.5. The quantitative estimate of drug-likeness (QED) is 0.892. The molecule has 2 nitrogen and oxygen atoms in total. The molecule has 1 fully saturated rings. The Morgan fingerprint density at radius 2 is 1.94 bits per heavy atom. The van der Waals surface area contributed by atoms with Gasteiger partial charge in [-0.25, -0.2) is 0 Å². The fraction of sp³-hybridized carbons (Fsp3) is 0.571. The minimum Gasteiger partial charge on any atom is -0.317 e. The summed E-state index contributed by atoms with van der Waals surface area (Å²) in [4.78, 5) is 2.58. The lowest BCUT2D eigenvalue weighted by molar-refractivity contribution is 0.274. The van der Waals surface area contributed by atoms with Crippen LogP contribution < -0.4 is 5.32 Å². The van der Waals surface area contributed by atoms with Crippen LogP contribution in [0, 0.1) is 0 Å². The van der Waals surface area contributed by atoms with Crippen LogP contribution in [0.25, 0.3) is 0 Å². The molecule has 17 heavy (non-hydrogen) atoms. The van der Waals surface area contributed by atoms with Gasteiger partial charge in [-0.1, -0.05) is 30.3 Å². The molecule has 1 atom stereocenters. The predicted molar refractivity (Wildman–Crippen MR) is 75.7 cm³/mol. The monoisotopic (exact) mass is 254 g/mol. The highest BCUT2D eigenvalue weighted by atomic mass is 35.5. The van der Waals surface area contributed by atoms with Crippen LogP contribution in [0.2, 0.25) is 0 Å². The Kier molecular flexibility index (Phi) is 6.56. The highest BCUT2D eigenvalue weighted by molar-refractivity contribution is 5.85. The Hall–Kier alpha value is -0.570. The van der Waals surface area contributed by atoms with E-state index in [4.69, 9.17) is 0 Å². The topological polar surface area (TPSA) is 15.3 Å². The number of rotatable bonds is 3. The summed E-state index contributed by atoms with van der Waals surface area (Å²) in [5, 5.41) is 3.40. The molecule has 0 radical (unpaired) electrons. The van der Waals surface area contributed by atoms with E-state index in [9.17, 15) is 0 Å². The summed E-state index contributed by atoms with van der Waals surface area (Å²) in [6, 6.07) is 11.5. The number of likely N-dealkylation sites (tertiary alicyclic amines) is 1. The first-order valence-electron chi connectivity index (χ1n) is 6.32. The molecule has 1 N–H and O–H groups in total. The number of benzene rings is 1. The maximum absolute atomic E-state index is 3.40. The van der Waals surface area contributed by atoms with Gasteiger partial charge in [-0.3, -0.25) is 4.90 Å². The van der Waals surface area contributed by atoms with E-state index in [1.165, 1.54) is 37.9 Å². The Bertz CT molecular complexity index is 302. The molecule has 96 valence electrons. The van der Waals surface area contributed by atoms with E-state index < -0.39 is 0 Å². The maximum Gasteiger partial charge on any atom is 0.0233 e. The van der Waals surface area contributed by atoms with E-state index in [0.717, 1.165) is 12.6 Å². The van der Waals surface area contributed by atoms with Crippen molar-refractivity contribution in [3.05, 3.63) is 35.9 Å². The van der Waals surface area contributed by atoms with E-state index in [1.807, 2.05) is 0 Å². The van der Waals surface area contributed by atoms with Gasteiger partial charge in [-0.2, -0.15) is 0 Å². The molecule has 1 aliphatic heterocycles. The van der Waals surface area contributed by atoms with E-state index in [-0.39, 0.29) is 12.4 Å². The Labute approximate surface area is 111 Å². The highest BCUT2D eigenvalue weighted by Crippen LogP contribution is 2.13. The molecule has 2 rings (SSSR count). The lowest BCUT2D eigenvalue weighted by atomic mass is 10.1. The van der Waals surface area contributed by atoms with E-state index in [1.54, 1.807) is 0 Å². The summed E-state index contributed by atoms with van der Waals surface area (Å²) in [6.45, 7) is 3.57. The molecule has 1 aromatic carbocycles. The number of nitrogens with zero attached hydrogens (tertiary/aromatic N) is 1. The first-order chi connectivity index (χ1) is 7.88. The van der Waals surface area contributed by atoms with Gasteiger partial charge in [0.1, 0.15) is 0 Å². The van der Waals surface area contributed by atoms with Crippen molar-refractivity contribution < 1.29 is 0 Å². The minimum atomic E-state index is 0. The van der Waals surface area contributed by atoms with Crippen molar-refractivity contribution >= 4 is 12.4 Å². The van der Waals surface area contributed by atoms with E-state index in [2.05, 4.69) is 47.6 Å². The molecule has 1 saturated heterocycles. The smallest absolute Gasteiger partial charge is 0.0233 e. The van der Waals surface area contributed by atoms with Crippen LogP contribution in [0.3, 0.4) is 0 Å². The third-order valence-corrected chi connectivity index (χ3v) is 3.48. The molecule has 0 spiro atoms.